The van der Waals surface area contributed by atoms with Gasteiger partial charge in [0.05, 0.1) is 6.61 Å². The number of hydrogen-bond acceptors (Lipinski definition) is 4. The zero-order chi connectivity index (χ0) is 31.0. The van der Waals surface area contributed by atoms with Gasteiger partial charge < -0.3 is 19.3 Å². The van der Waals surface area contributed by atoms with Crippen LogP contribution < -0.4 is 0 Å². The van der Waals surface area contributed by atoms with Crippen LogP contribution in [0.15, 0.2) is 11.6 Å². The maximum Gasteiger partial charge on any atom is 0.409 e. The van der Waals surface area contributed by atoms with Gasteiger partial charge in [-0.2, -0.15) is 0 Å². The van der Waals surface area contributed by atoms with E-state index in [9.17, 15) is 9.59 Å². The topological polar surface area (TPSA) is 59.1 Å². The summed E-state index contributed by atoms with van der Waals surface area (Å²) in [7, 11) is 7.12. The fraction of sp³-hybridized carbons (Fsp3) is 0.889. The Morgan fingerprint density at radius 1 is 0.833 bits per heavy atom. The van der Waals surface area contributed by atoms with E-state index in [2.05, 4.69) is 54.5 Å². The average molecular weight is 585 g/mol. The number of amides is 2. The van der Waals surface area contributed by atoms with E-state index in [4.69, 9.17) is 9.47 Å². The zero-order valence-corrected chi connectivity index (χ0v) is 28.6. The van der Waals surface area contributed by atoms with Crippen molar-refractivity contribution in [2.45, 2.75) is 112 Å². The quantitative estimate of drug-likeness (QED) is 0.313. The smallest absolute Gasteiger partial charge is 0.409 e. The highest BCUT2D eigenvalue weighted by atomic mass is 16.6. The summed E-state index contributed by atoms with van der Waals surface area (Å²) in [5.41, 5.74) is 2.26. The lowest BCUT2D eigenvalue weighted by Crippen LogP contribution is -2.65. The predicted octanol–water partition coefficient (Wildman–Crippen LogP) is 8.41. The van der Waals surface area contributed by atoms with E-state index in [1.54, 1.807) is 43.6 Å². The molecule has 2 amide bonds. The van der Waals surface area contributed by atoms with Crippen molar-refractivity contribution in [2.75, 3.05) is 34.8 Å². The van der Waals surface area contributed by atoms with Crippen LogP contribution in [0, 0.1) is 56.7 Å². The maximum atomic E-state index is 12.6. The number of nitrogens with zero attached hydrogens (tertiary/aromatic N) is 2. The minimum atomic E-state index is -0.215. The first kappa shape index (κ1) is 31.7. The standard InChI is InChI=1S/C36H60N2O4/c1-23-14-19-36(22-41-30(39)37(8)9)21-20-34(6)25(29(36)24(23)2)12-13-27-33(5)17-16-28(42-31(40)38(10)11)32(3,4)26(33)15-18-35(27,34)7/h12,23-24,26-29H,13-22H2,1-11H3/t23-,24+,26?,27-,28+,29+,33+,34-,35-,36-/m1/s1. The summed E-state index contributed by atoms with van der Waals surface area (Å²) < 4.78 is 12.1. The molecule has 4 saturated carbocycles. The highest BCUT2D eigenvalue weighted by Gasteiger charge is 2.69. The van der Waals surface area contributed by atoms with Crippen molar-refractivity contribution in [3.8, 4) is 0 Å². The van der Waals surface area contributed by atoms with Crippen molar-refractivity contribution >= 4 is 12.2 Å². The second kappa shape index (κ2) is 10.4. The molecule has 0 N–H and O–H groups in total. The van der Waals surface area contributed by atoms with Crippen molar-refractivity contribution in [1.82, 2.24) is 9.80 Å². The van der Waals surface area contributed by atoms with Crippen LogP contribution in [0.25, 0.3) is 0 Å². The molecular weight excluding hydrogens is 524 g/mol. The van der Waals surface area contributed by atoms with Crippen LogP contribution in [0.4, 0.5) is 9.59 Å². The van der Waals surface area contributed by atoms with Crippen LogP contribution in [-0.4, -0.2) is 62.9 Å². The summed E-state index contributed by atoms with van der Waals surface area (Å²) in [6.07, 6.45) is 12.5. The fourth-order valence-corrected chi connectivity index (χ4v) is 11.6. The van der Waals surface area contributed by atoms with E-state index in [1.807, 2.05) is 0 Å². The lowest BCUT2D eigenvalue weighted by molar-refractivity contribution is -0.206. The molecule has 238 valence electrons. The number of hydrogen-bond donors (Lipinski definition) is 0. The fourth-order valence-electron chi connectivity index (χ4n) is 11.6. The van der Waals surface area contributed by atoms with Gasteiger partial charge in [-0.25, -0.2) is 9.59 Å². The Kier molecular flexibility index (Phi) is 7.87. The van der Waals surface area contributed by atoms with E-state index in [0.717, 1.165) is 32.1 Å². The van der Waals surface area contributed by atoms with Crippen molar-refractivity contribution in [1.29, 1.82) is 0 Å². The molecule has 0 saturated heterocycles. The number of carbonyl (C=O) groups excluding carboxylic acids is 2. The average Bonchev–Trinajstić information content (AvgIpc) is 2.91. The summed E-state index contributed by atoms with van der Waals surface area (Å²) in [5.74, 6) is 2.86. The third-order valence-electron chi connectivity index (χ3n) is 14.6. The Morgan fingerprint density at radius 2 is 1.50 bits per heavy atom. The van der Waals surface area contributed by atoms with Crippen LogP contribution >= 0.6 is 0 Å². The number of fused-ring (bicyclic) bond motifs is 7. The predicted molar refractivity (Wildman–Crippen MR) is 168 cm³/mol. The number of carbonyl (C=O) groups is 2. The lowest BCUT2D eigenvalue weighted by atomic mass is 9.33. The van der Waals surface area contributed by atoms with Crippen molar-refractivity contribution in [3.05, 3.63) is 11.6 Å². The Bertz CT molecular complexity index is 1110. The first-order valence-electron chi connectivity index (χ1n) is 16.9. The summed E-state index contributed by atoms with van der Waals surface area (Å²) >= 11 is 0. The van der Waals surface area contributed by atoms with Gasteiger partial charge in [0.2, 0.25) is 0 Å². The molecule has 0 heterocycles. The minimum absolute atomic E-state index is 0.0372. The van der Waals surface area contributed by atoms with E-state index < -0.39 is 0 Å². The highest BCUT2D eigenvalue weighted by Crippen LogP contribution is 2.75. The molecule has 0 aromatic heterocycles. The Labute approximate surface area is 256 Å². The second-order valence-electron chi connectivity index (χ2n) is 17.1. The monoisotopic (exact) mass is 584 g/mol. The molecule has 0 radical (unpaired) electrons. The first-order valence-corrected chi connectivity index (χ1v) is 16.9. The van der Waals surface area contributed by atoms with Crippen molar-refractivity contribution in [3.63, 3.8) is 0 Å². The molecule has 5 rings (SSSR count). The molecule has 1 unspecified atom stereocenters. The van der Waals surface area contributed by atoms with E-state index in [-0.39, 0.29) is 45.4 Å². The molecule has 10 atom stereocenters. The van der Waals surface area contributed by atoms with E-state index in [1.165, 1.54) is 25.7 Å². The molecule has 0 aliphatic heterocycles. The normalized spacial score (nSPS) is 45.6. The maximum absolute atomic E-state index is 12.6. The van der Waals surface area contributed by atoms with Gasteiger partial charge in [-0.1, -0.05) is 60.1 Å². The molecule has 0 aromatic rings. The van der Waals surface area contributed by atoms with Crippen LogP contribution in [0.1, 0.15) is 106 Å². The van der Waals surface area contributed by atoms with Crippen LogP contribution in [0.2, 0.25) is 0 Å². The number of allylic oxidation sites excluding steroid dienone is 2. The van der Waals surface area contributed by atoms with Gasteiger partial charge in [-0.15, -0.1) is 0 Å². The van der Waals surface area contributed by atoms with Crippen molar-refractivity contribution < 1.29 is 19.1 Å². The summed E-state index contributed by atoms with van der Waals surface area (Å²) in [6.45, 7) is 18.1. The Hall–Kier alpha value is -1.72. The third kappa shape index (κ3) is 4.45. The molecule has 5 aliphatic rings. The van der Waals surface area contributed by atoms with Gasteiger partial charge in [0.25, 0.3) is 0 Å². The van der Waals surface area contributed by atoms with Crippen LogP contribution in [0.5, 0.6) is 0 Å². The molecule has 0 spiro atoms. The summed E-state index contributed by atoms with van der Waals surface area (Å²) in [4.78, 5) is 28.3. The molecule has 6 nitrogen and oxygen atoms in total. The van der Waals surface area contributed by atoms with E-state index in [0.29, 0.717) is 36.2 Å². The van der Waals surface area contributed by atoms with Gasteiger partial charge in [0.1, 0.15) is 6.10 Å². The largest absolute Gasteiger partial charge is 0.449 e. The summed E-state index contributed by atoms with van der Waals surface area (Å²) in [5, 5.41) is 0. The Morgan fingerprint density at radius 3 is 2.14 bits per heavy atom. The molecule has 5 aliphatic carbocycles. The zero-order valence-electron chi connectivity index (χ0n) is 28.6. The number of ether oxygens (including phenoxy) is 2. The second-order valence-corrected chi connectivity index (χ2v) is 17.1. The Balaban J connectivity index is 1.49. The van der Waals surface area contributed by atoms with Crippen molar-refractivity contribution in [2.24, 2.45) is 56.7 Å². The van der Waals surface area contributed by atoms with Crippen LogP contribution in [0.3, 0.4) is 0 Å². The van der Waals surface area contributed by atoms with Gasteiger partial charge in [-0.3, -0.25) is 0 Å². The van der Waals surface area contributed by atoms with Gasteiger partial charge >= 0.3 is 12.2 Å². The molecular formula is C36H60N2O4. The molecule has 6 heteroatoms. The molecule has 4 fully saturated rings. The van der Waals surface area contributed by atoms with Gasteiger partial charge in [0, 0.05) is 39.0 Å². The SMILES string of the molecule is C[C@H]1[C@H](C)CC[C@]2(COC(=O)N(C)C)CC[C@]3(C)C(=CC[C@@H]4[C@@]5(C)CC[C@H](OC(=O)N(C)C)C(C)(C)C5CC[C@]43C)[C@H]12. The molecule has 0 bridgehead atoms. The number of rotatable bonds is 3. The minimum Gasteiger partial charge on any atom is -0.449 e. The lowest BCUT2D eigenvalue weighted by Gasteiger charge is -2.71. The first-order chi connectivity index (χ1) is 19.4. The third-order valence-corrected chi connectivity index (χ3v) is 14.6. The highest BCUT2D eigenvalue weighted by molar-refractivity contribution is 5.67. The van der Waals surface area contributed by atoms with Crippen LogP contribution in [-0.2, 0) is 9.47 Å². The molecule has 0 aromatic carbocycles. The van der Waals surface area contributed by atoms with Gasteiger partial charge in [-0.05, 0) is 104 Å². The summed E-state index contributed by atoms with van der Waals surface area (Å²) in [6, 6.07) is 0. The molecule has 42 heavy (non-hydrogen) atoms. The van der Waals surface area contributed by atoms with Gasteiger partial charge in [0.15, 0.2) is 0 Å². The van der Waals surface area contributed by atoms with E-state index >= 15 is 0 Å².